The van der Waals surface area contributed by atoms with E-state index in [1.54, 1.807) is 0 Å². The van der Waals surface area contributed by atoms with Crippen molar-refractivity contribution in [2.24, 2.45) is 11.8 Å². The fraction of sp³-hybridized carbons (Fsp3) is 0.949. The molecule has 0 radical (unpaired) electrons. The zero-order valence-corrected chi connectivity index (χ0v) is 44.6. The first-order chi connectivity index (χ1) is 31.7. The fourth-order valence-corrected chi connectivity index (χ4v) is 9.05. The van der Waals surface area contributed by atoms with Crippen LogP contribution in [0, 0.1) is 11.8 Å². The molecular weight excluding hydrogens is 805 g/mol. The SMILES string of the molecule is CCCCCCCCCCCCCCCCCCCCCC(=O)OC[C@@H](COC(=O)CCCCCCCCCCC(C)C)OC(=O)CCCCCCCCCCCCCCCCC(C)C. The molecular formula is C59H114O6. The Morgan fingerprint density at radius 1 is 0.292 bits per heavy atom. The predicted octanol–water partition coefficient (Wildman–Crippen LogP) is 19.3. The van der Waals surface area contributed by atoms with Gasteiger partial charge in [-0.1, -0.05) is 291 Å². The molecule has 6 heteroatoms. The molecule has 1 atom stereocenters. The van der Waals surface area contributed by atoms with E-state index >= 15 is 0 Å². The van der Waals surface area contributed by atoms with Crippen LogP contribution in [0.15, 0.2) is 0 Å². The van der Waals surface area contributed by atoms with E-state index in [4.69, 9.17) is 14.2 Å². The Morgan fingerprint density at radius 2 is 0.508 bits per heavy atom. The van der Waals surface area contributed by atoms with Crippen LogP contribution in [0.2, 0.25) is 0 Å². The van der Waals surface area contributed by atoms with Crippen molar-refractivity contribution in [2.45, 2.75) is 336 Å². The van der Waals surface area contributed by atoms with E-state index in [9.17, 15) is 14.4 Å². The molecule has 65 heavy (non-hydrogen) atoms. The highest BCUT2D eigenvalue weighted by atomic mass is 16.6. The molecule has 0 saturated heterocycles. The van der Waals surface area contributed by atoms with Crippen molar-refractivity contribution < 1.29 is 28.6 Å². The maximum Gasteiger partial charge on any atom is 0.306 e. The van der Waals surface area contributed by atoms with Crippen LogP contribution in [0.4, 0.5) is 0 Å². The average molecular weight is 920 g/mol. The summed E-state index contributed by atoms with van der Waals surface area (Å²) >= 11 is 0. The Morgan fingerprint density at radius 3 is 0.754 bits per heavy atom. The lowest BCUT2D eigenvalue weighted by Gasteiger charge is -2.18. The van der Waals surface area contributed by atoms with Gasteiger partial charge in [0.25, 0.3) is 0 Å². The second-order valence-corrected chi connectivity index (χ2v) is 21.2. The minimum Gasteiger partial charge on any atom is -0.462 e. The van der Waals surface area contributed by atoms with E-state index < -0.39 is 6.10 Å². The molecule has 0 aliphatic carbocycles. The Balaban J connectivity index is 4.25. The Labute approximate surface area is 406 Å². The predicted molar refractivity (Wildman–Crippen MR) is 280 cm³/mol. The molecule has 0 fully saturated rings. The summed E-state index contributed by atoms with van der Waals surface area (Å²) in [5, 5.41) is 0. The van der Waals surface area contributed by atoms with Crippen molar-refractivity contribution in [3.05, 3.63) is 0 Å². The first kappa shape index (κ1) is 63.4. The molecule has 0 aromatic carbocycles. The second-order valence-electron chi connectivity index (χ2n) is 21.2. The van der Waals surface area contributed by atoms with Gasteiger partial charge < -0.3 is 14.2 Å². The smallest absolute Gasteiger partial charge is 0.306 e. The number of ether oxygens (including phenoxy) is 3. The van der Waals surface area contributed by atoms with E-state index in [1.807, 2.05) is 0 Å². The van der Waals surface area contributed by atoms with Crippen LogP contribution < -0.4 is 0 Å². The van der Waals surface area contributed by atoms with E-state index in [2.05, 4.69) is 34.6 Å². The van der Waals surface area contributed by atoms with Crippen molar-refractivity contribution in [1.29, 1.82) is 0 Å². The third-order valence-electron chi connectivity index (χ3n) is 13.5. The van der Waals surface area contributed by atoms with Gasteiger partial charge in [0.15, 0.2) is 6.10 Å². The molecule has 0 amide bonds. The van der Waals surface area contributed by atoms with Crippen molar-refractivity contribution in [1.82, 2.24) is 0 Å². The van der Waals surface area contributed by atoms with Crippen LogP contribution in [-0.2, 0) is 28.6 Å². The molecule has 0 unspecified atom stereocenters. The number of carbonyl (C=O) groups is 3. The van der Waals surface area contributed by atoms with Crippen molar-refractivity contribution in [3.63, 3.8) is 0 Å². The van der Waals surface area contributed by atoms with Gasteiger partial charge in [0.05, 0.1) is 0 Å². The van der Waals surface area contributed by atoms with Crippen LogP contribution >= 0.6 is 0 Å². The molecule has 0 bridgehead atoms. The third kappa shape index (κ3) is 53.2. The van der Waals surface area contributed by atoms with Gasteiger partial charge in [0.2, 0.25) is 0 Å². The lowest BCUT2D eigenvalue weighted by molar-refractivity contribution is -0.167. The number of carbonyl (C=O) groups excluding carboxylic acids is 3. The first-order valence-electron chi connectivity index (χ1n) is 29.2. The standard InChI is InChI=1S/C59H114O6/c1-6-7-8-9-10-11-12-13-14-15-16-17-18-22-25-28-34-39-44-49-57(60)63-52-56(53-64-58(61)50-45-40-35-31-30-33-38-43-48-55(4)5)65-59(62)51-46-41-36-29-26-23-20-19-21-24-27-32-37-42-47-54(2)3/h54-56H,6-53H2,1-5H3/t56-/m0/s1. The molecule has 0 aliphatic heterocycles. The Bertz CT molecular complexity index is 993. The van der Waals surface area contributed by atoms with E-state index in [-0.39, 0.29) is 31.1 Å². The van der Waals surface area contributed by atoms with Crippen molar-refractivity contribution >= 4 is 17.9 Å². The molecule has 386 valence electrons. The van der Waals surface area contributed by atoms with Crippen LogP contribution in [0.5, 0.6) is 0 Å². The molecule has 0 rings (SSSR count). The van der Waals surface area contributed by atoms with Gasteiger partial charge in [0, 0.05) is 19.3 Å². The summed E-state index contributed by atoms with van der Waals surface area (Å²) in [5.74, 6) is 0.798. The lowest BCUT2D eigenvalue weighted by atomic mass is 10.0. The summed E-state index contributed by atoms with van der Waals surface area (Å²) in [4.78, 5) is 38.1. The first-order valence-corrected chi connectivity index (χ1v) is 29.2. The van der Waals surface area contributed by atoms with Gasteiger partial charge in [-0.05, 0) is 31.1 Å². The molecule has 0 spiro atoms. The molecule has 0 N–H and O–H groups in total. The topological polar surface area (TPSA) is 78.9 Å². The summed E-state index contributed by atoms with van der Waals surface area (Å²) in [6.45, 7) is 11.4. The molecule has 0 saturated carbocycles. The fourth-order valence-electron chi connectivity index (χ4n) is 9.05. The van der Waals surface area contributed by atoms with E-state index in [0.717, 1.165) is 69.6 Å². The number of esters is 3. The highest BCUT2D eigenvalue weighted by Gasteiger charge is 2.19. The summed E-state index contributed by atoms with van der Waals surface area (Å²) in [7, 11) is 0. The van der Waals surface area contributed by atoms with Crippen LogP contribution in [0.3, 0.4) is 0 Å². The van der Waals surface area contributed by atoms with Gasteiger partial charge in [0.1, 0.15) is 13.2 Å². The molecule has 0 heterocycles. The Hall–Kier alpha value is -1.59. The van der Waals surface area contributed by atoms with Crippen molar-refractivity contribution in [3.8, 4) is 0 Å². The zero-order valence-electron chi connectivity index (χ0n) is 44.6. The number of hydrogen-bond donors (Lipinski definition) is 0. The quantitative estimate of drug-likeness (QED) is 0.0344. The molecule has 0 aliphatic rings. The third-order valence-corrected chi connectivity index (χ3v) is 13.5. The maximum atomic E-state index is 12.8. The van der Waals surface area contributed by atoms with E-state index in [0.29, 0.717) is 19.3 Å². The van der Waals surface area contributed by atoms with E-state index in [1.165, 1.54) is 218 Å². The molecule has 0 aromatic heterocycles. The number of unbranched alkanes of at least 4 members (excludes halogenated alkanes) is 38. The summed E-state index contributed by atoms with van der Waals surface area (Å²) in [5.41, 5.74) is 0. The second kappa shape index (κ2) is 51.8. The van der Waals surface area contributed by atoms with Crippen LogP contribution in [-0.4, -0.2) is 37.2 Å². The van der Waals surface area contributed by atoms with Gasteiger partial charge >= 0.3 is 17.9 Å². The normalized spacial score (nSPS) is 12.0. The largest absolute Gasteiger partial charge is 0.462 e. The summed E-state index contributed by atoms with van der Waals surface area (Å²) < 4.78 is 16.9. The Kier molecular flexibility index (Phi) is 50.5. The lowest BCUT2D eigenvalue weighted by Crippen LogP contribution is -2.30. The summed E-state index contributed by atoms with van der Waals surface area (Å²) in [6, 6.07) is 0. The summed E-state index contributed by atoms with van der Waals surface area (Å²) in [6.07, 6.45) is 55.3. The highest BCUT2D eigenvalue weighted by molar-refractivity contribution is 5.71. The molecule has 6 nitrogen and oxygen atoms in total. The van der Waals surface area contributed by atoms with Crippen LogP contribution in [0.1, 0.15) is 330 Å². The van der Waals surface area contributed by atoms with Gasteiger partial charge in [-0.15, -0.1) is 0 Å². The highest BCUT2D eigenvalue weighted by Crippen LogP contribution is 2.18. The average Bonchev–Trinajstić information content (AvgIpc) is 3.28. The van der Waals surface area contributed by atoms with Gasteiger partial charge in [-0.2, -0.15) is 0 Å². The zero-order chi connectivity index (χ0) is 47.5. The minimum atomic E-state index is -0.763. The number of hydrogen-bond acceptors (Lipinski definition) is 6. The van der Waals surface area contributed by atoms with Crippen molar-refractivity contribution in [2.75, 3.05) is 13.2 Å². The molecule has 0 aromatic rings. The minimum absolute atomic E-state index is 0.0631. The maximum absolute atomic E-state index is 12.8. The number of rotatable bonds is 53. The van der Waals surface area contributed by atoms with Gasteiger partial charge in [-0.25, -0.2) is 0 Å². The van der Waals surface area contributed by atoms with Gasteiger partial charge in [-0.3, -0.25) is 14.4 Å². The monoisotopic (exact) mass is 919 g/mol. The van der Waals surface area contributed by atoms with Crippen LogP contribution in [0.25, 0.3) is 0 Å².